The summed E-state index contributed by atoms with van der Waals surface area (Å²) in [5.74, 6) is 0.673. The highest BCUT2D eigenvalue weighted by Gasteiger charge is 2.38. The van der Waals surface area contributed by atoms with Gasteiger partial charge in [-0.3, -0.25) is 14.9 Å². The maximum atomic E-state index is 13.4. The lowest BCUT2D eigenvalue weighted by Crippen LogP contribution is -2.49. The van der Waals surface area contributed by atoms with Crippen LogP contribution in [0.1, 0.15) is 34.7 Å². The third-order valence-corrected chi connectivity index (χ3v) is 8.69. The number of amides is 2. The number of nitro benzene ring substituents is 1. The minimum Gasteiger partial charge on any atom is -0.410 e. The van der Waals surface area contributed by atoms with E-state index in [2.05, 4.69) is 23.6 Å². The summed E-state index contributed by atoms with van der Waals surface area (Å²) in [6.07, 6.45) is 2.72. The van der Waals surface area contributed by atoms with E-state index in [4.69, 9.17) is 16.3 Å². The monoisotopic (exact) mass is 602 g/mol. The molecule has 43 heavy (non-hydrogen) atoms. The number of piperidine rings is 1. The molecule has 3 aromatic carbocycles. The largest absolute Gasteiger partial charge is 0.415 e. The Hall–Kier alpha value is -4.21. The van der Waals surface area contributed by atoms with Crippen LogP contribution in [0.4, 0.5) is 10.5 Å². The van der Waals surface area contributed by atoms with Gasteiger partial charge in [0.2, 0.25) is 0 Å². The van der Waals surface area contributed by atoms with E-state index in [0.29, 0.717) is 30.2 Å². The number of rotatable bonds is 9. The van der Waals surface area contributed by atoms with Crippen molar-refractivity contribution in [1.82, 2.24) is 14.7 Å². The zero-order chi connectivity index (χ0) is 30.3. The lowest BCUT2D eigenvalue weighted by atomic mass is 9.88. The van der Waals surface area contributed by atoms with Crippen molar-refractivity contribution in [2.75, 3.05) is 39.3 Å². The zero-order valence-corrected chi connectivity index (χ0v) is 24.6. The molecule has 3 aromatic rings. The molecular formula is C33H35ClN4O5. The van der Waals surface area contributed by atoms with E-state index in [-0.39, 0.29) is 35.2 Å². The number of non-ortho nitro benzene ring substituents is 1. The highest BCUT2D eigenvalue weighted by atomic mass is 35.5. The van der Waals surface area contributed by atoms with E-state index in [1.165, 1.54) is 29.8 Å². The number of likely N-dealkylation sites (tertiary alicyclic amines) is 2. The summed E-state index contributed by atoms with van der Waals surface area (Å²) in [6.45, 7) is 7.88. The van der Waals surface area contributed by atoms with Crippen molar-refractivity contribution in [3.63, 3.8) is 0 Å². The second-order valence-electron chi connectivity index (χ2n) is 11.1. The maximum absolute atomic E-state index is 13.4. The summed E-state index contributed by atoms with van der Waals surface area (Å²) >= 11 is 6.37. The van der Waals surface area contributed by atoms with Gasteiger partial charge in [-0.2, -0.15) is 0 Å². The molecule has 0 bridgehead atoms. The fourth-order valence-electron chi connectivity index (χ4n) is 6.16. The number of carbonyl (C=O) groups excluding carboxylic acids is 2. The van der Waals surface area contributed by atoms with E-state index >= 15 is 0 Å². The van der Waals surface area contributed by atoms with Gasteiger partial charge in [0.05, 0.1) is 15.5 Å². The van der Waals surface area contributed by atoms with Crippen molar-refractivity contribution in [2.45, 2.75) is 24.8 Å². The maximum Gasteiger partial charge on any atom is 0.415 e. The van der Waals surface area contributed by atoms with Crippen LogP contribution >= 0.6 is 11.6 Å². The quantitative estimate of drug-likeness (QED) is 0.163. The number of halogens is 1. The predicted molar refractivity (Wildman–Crippen MR) is 166 cm³/mol. The van der Waals surface area contributed by atoms with E-state index in [1.807, 2.05) is 35.2 Å². The van der Waals surface area contributed by atoms with E-state index in [1.54, 1.807) is 23.1 Å². The third kappa shape index (κ3) is 7.24. The first-order valence-electron chi connectivity index (χ1n) is 14.5. The number of benzene rings is 3. The van der Waals surface area contributed by atoms with Gasteiger partial charge >= 0.3 is 6.09 Å². The smallest absolute Gasteiger partial charge is 0.410 e. The molecule has 2 amide bonds. The van der Waals surface area contributed by atoms with Crippen LogP contribution in [-0.4, -0.2) is 76.9 Å². The Labute approximate surface area is 256 Å². The molecule has 0 aromatic heterocycles. The number of nitrogens with zero attached hydrogens (tertiary/aromatic N) is 4. The molecule has 0 unspecified atom stereocenters. The number of ether oxygens (including phenoxy) is 1. The molecule has 0 saturated carbocycles. The first-order chi connectivity index (χ1) is 20.8. The van der Waals surface area contributed by atoms with Gasteiger partial charge in [-0.05, 0) is 48.6 Å². The van der Waals surface area contributed by atoms with Crippen LogP contribution < -0.4 is 4.74 Å². The van der Waals surface area contributed by atoms with Crippen molar-refractivity contribution in [3.8, 4) is 5.75 Å². The Morgan fingerprint density at radius 2 is 1.67 bits per heavy atom. The summed E-state index contributed by atoms with van der Waals surface area (Å²) < 4.78 is 5.55. The van der Waals surface area contributed by atoms with Gasteiger partial charge in [0.25, 0.3) is 11.6 Å². The number of hydrogen-bond acceptors (Lipinski definition) is 6. The van der Waals surface area contributed by atoms with Crippen molar-refractivity contribution in [3.05, 3.63) is 118 Å². The van der Waals surface area contributed by atoms with Crippen molar-refractivity contribution >= 4 is 29.3 Å². The topological polar surface area (TPSA) is 96.2 Å². The summed E-state index contributed by atoms with van der Waals surface area (Å²) in [5, 5.41) is 11.4. The lowest BCUT2D eigenvalue weighted by Gasteiger charge is -2.38. The molecule has 9 nitrogen and oxygen atoms in total. The van der Waals surface area contributed by atoms with Crippen molar-refractivity contribution in [1.29, 1.82) is 0 Å². The van der Waals surface area contributed by atoms with Crippen molar-refractivity contribution < 1.29 is 19.2 Å². The standard InChI is InChI=1S/C33H35ClN4O5/c1-2-18-37(33(40)43-28-14-12-27(13-15-28)38(41)42)26-16-19-35(20-17-26)21-25-22-36(23-30(25)24-8-4-3-5-9-24)32(39)29-10-6-7-11-31(29)34/h2-15,25-26,30H,1,16-23H2/t25-,30+/m0/s1. The molecule has 0 spiro atoms. The van der Waals surface area contributed by atoms with E-state index in [0.717, 1.165) is 32.5 Å². The van der Waals surface area contributed by atoms with Crippen LogP contribution in [0.5, 0.6) is 5.75 Å². The molecule has 10 heteroatoms. The summed E-state index contributed by atoms with van der Waals surface area (Å²) in [6, 6.07) is 23.0. The molecule has 2 saturated heterocycles. The molecule has 5 rings (SSSR count). The highest BCUT2D eigenvalue weighted by Crippen LogP contribution is 2.35. The average Bonchev–Trinajstić information content (AvgIpc) is 3.44. The third-order valence-electron chi connectivity index (χ3n) is 8.36. The molecule has 2 heterocycles. The van der Waals surface area contributed by atoms with Crippen LogP contribution in [0.3, 0.4) is 0 Å². The van der Waals surface area contributed by atoms with Crippen LogP contribution in [0.25, 0.3) is 0 Å². The number of carbonyl (C=O) groups is 2. The Morgan fingerprint density at radius 1 is 1.00 bits per heavy atom. The fourth-order valence-corrected chi connectivity index (χ4v) is 6.37. The fraction of sp³-hybridized carbons (Fsp3) is 0.333. The SMILES string of the molecule is C=CCN(C(=O)Oc1ccc([N+](=O)[O-])cc1)C1CCN(C[C@H]2CN(C(=O)c3ccccc3Cl)C[C@@H]2c2ccccc2)CC1. The normalized spacial score (nSPS) is 19.1. The second kappa shape index (κ2) is 13.8. The van der Waals surface area contributed by atoms with Gasteiger partial charge < -0.3 is 19.4 Å². The Bertz CT molecular complexity index is 1440. The van der Waals surface area contributed by atoms with E-state index < -0.39 is 11.0 Å². The minimum absolute atomic E-state index is 0.0217. The van der Waals surface area contributed by atoms with E-state index in [9.17, 15) is 19.7 Å². The molecule has 2 fully saturated rings. The zero-order valence-electron chi connectivity index (χ0n) is 23.9. The Kier molecular flexibility index (Phi) is 9.74. The van der Waals surface area contributed by atoms with Gasteiger partial charge in [0.1, 0.15) is 5.75 Å². The Balaban J connectivity index is 1.22. The summed E-state index contributed by atoms with van der Waals surface area (Å²) in [5.41, 5.74) is 1.69. The highest BCUT2D eigenvalue weighted by molar-refractivity contribution is 6.33. The lowest BCUT2D eigenvalue weighted by molar-refractivity contribution is -0.384. The summed E-state index contributed by atoms with van der Waals surface area (Å²) in [7, 11) is 0. The predicted octanol–water partition coefficient (Wildman–Crippen LogP) is 6.26. The molecule has 0 aliphatic carbocycles. The van der Waals surface area contributed by atoms with Crippen LogP contribution in [0, 0.1) is 16.0 Å². The van der Waals surface area contributed by atoms with Gasteiger partial charge in [0.15, 0.2) is 0 Å². The molecule has 2 aliphatic heterocycles. The number of hydrogen-bond donors (Lipinski definition) is 0. The molecule has 0 N–H and O–H groups in total. The van der Waals surface area contributed by atoms with Crippen LogP contribution in [0.2, 0.25) is 5.02 Å². The first-order valence-corrected chi connectivity index (χ1v) is 14.9. The van der Waals surface area contributed by atoms with Gasteiger partial charge in [-0.25, -0.2) is 4.79 Å². The summed E-state index contributed by atoms with van der Waals surface area (Å²) in [4.78, 5) is 43.0. The molecular weight excluding hydrogens is 568 g/mol. The first kappa shape index (κ1) is 30.3. The molecule has 2 atom stereocenters. The molecule has 2 aliphatic rings. The number of nitro groups is 1. The minimum atomic E-state index is -0.499. The van der Waals surface area contributed by atoms with Crippen LogP contribution in [0.15, 0.2) is 91.5 Å². The van der Waals surface area contributed by atoms with Gasteiger partial charge in [0, 0.05) is 63.4 Å². The van der Waals surface area contributed by atoms with Gasteiger partial charge in [-0.15, -0.1) is 6.58 Å². The second-order valence-corrected chi connectivity index (χ2v) is 11.5. The van der Waals surface area contributed by atoms with Gasteiger partial charge in [-0.1, -0.05) is 60.1 Å². The Morgan fingerprint density at radius 3 is 2.33 bits per heavy atom. The molecule has 0 radical (unpaired) electrons. The molecule has 224 valence electrons. The van der Waals surface area contributed by atoms with Crippen molar-refractivity contribution in [2.24, 2.45) is 5.92 Å². The average molecular weight is 603 g/mol. The van der Waals surface area contributed by atoms with Crippen LogP contribution in [-0.2, 0) is 0 Å².